The number of methoxy groups -OCH3 is 1. The standard InChI is InChI=1S/C27H31N3O5/c1-35-25(33)17-22-26(34)28-15-16-30(22)24(32)12-14-27(13-11-23(31)29-27)18-19-7-9-21(10-8-19)20-5-3-2-4-6-20/h2-10,22H,11-18H2,1H3,(H,28,34)(H,29,31). The van der Waals surface area contributed by atoms with Gasteiger partial charge in [0, 0.05) is 31.5 Å². The Morgan fingerprint density at radius 1 is 1.06 bits per heavy atom. The fraction of sp³-hybridized carbons (Fsp3) is 0.407. The van der Waals surface area contributed by atoms with E-state index in [0.29, 0.717) is 38.8 Å². The van der Waals surface area contributed by atoms with Gasteiger partial charge in [0.05, 0.1) is 13.5 Å². The van der Waals surface area contributed by atoms with Crippen LogP contribution in [0.1, 0.15) is 37.7 Å². The maximum Gasteiger partial charge on any atom is 0.308 e. The van der Waals surface area contributed by atoms with E-state index in [9.17, 15) is 19.2 Å². The smallest absolute Gasteiger partial charge is 0.308 e. The molecule has 2 aromatic carbocycles. The second-order valence-corrected chi connectivity index (χ2v) is 9.24. The van der Waals surface area contributed by atoms with Crippen molar-refractivity contribution in [3.63, 3.8) is 0 Å². The van der Waals surface area contributed by atoms with Gasteiger partial charge < -0.3 is 20.3 Å². The van der Waals surface area contributed by atoms with Gasteiger partial charge in [-0.2, -0.15) is 0 Å². The van der Waals surface area contributed by atoms with E-state index in [-0.39, 0.29) is 30.6 Å². The van der Waals surface area contributed by atoms with Gasteiger partial charge in [-0.05, 0) is 36.0 Å². The van der Waals surface area contributed by atoms with E-state index in [1.54, 1.807) is 0 Å². The first-order chi connectivity index (χ1) is 16.9. The Labute approximate surface area is 205 Å². The summed E-state index contributed by atoms with van der Waals surface area (Å²) in [6.45, 7) is 0.685. The van der Waals surface area contributed by atoms with Crippen molar-refractivity contribution < 1.29 is 23.9 Å². The molecule has 0 aromatic heterocycles. The van der Waals surface area contributed by atoms with Crippen LogP contribution >= 0.6 is 0 Å². The number of nitrogens with one attached hydrogen (secondary N) is 2. The Bertz CT molecular complexity index is 1090. The zero-order valence-electron chi connectivity index (χ0n) is 19.9. The van der Waals surface area contributed by atoms with E-state index in [1.807, 2.05) is 18.2 Å². The average molecular weight is 478 g/mol. The van der Waals surface area contributed by atoms with Crippen LogP contribution in [0.15, 0.2) is 54.6 Å². The van der Waals surface area contributed by atoms with E-state index in [4.69, 9.17) is 4.74 Å². The molecule has 2 unspecified atom stereocenters. The number of piperazine rings is 1. The number of esters is 1. The third-order valence-electron chi connectivity index (χ3n) is 6.90. The fourth-order valence-corrected chi connectivity index (χ4v) is 4.97. The lowest BCUT2D eigenvalue weighted by molar-refractivity contribution is -0.150. The van der Waals surface area contributed by atoms with Crippen molar-refractivity contribution in [2.24, 2.45) is 0 Å². The van der Waals surface area contributed by atoms with Crippen LogP contribution in [0.4, 0.5) is 0 Å². The lowest BCUT2D eigenvalue weighted by Gasteiger charge is -2.36. The number of carbonyl (C=O) groups excluding carboxylic acids is 4. The Kier molecular flexibility index (Phi) is 7.48. The number of rotatable bonds is 8. The van der Waals surface area contributed by atoms with Gasteiger partial charge in [-0.1, -0.05) is 54.6 Å². The summed E-state index contributed by atoms with van der Waals surface area (Å²) < 4.78 is 4.70. The van der Waals surface area contributed by atoms with Crippen LogP contribution in [-0.2, 0) is 30.3 Å². The topological polar surface area (TPSA) is 105 Å². The maximum atomic E-state index is 13.1. The highest BCUT2D eigenvalue weighted by molar-refractivity contribution is 5.92. The van der Waals surface area contributed by atoms with Crippen molar-refractivity contribution in [3.8, 4) is 11.1 Å². The lowest BCUT2D eigenvalue weighted by atomic mass is 9.84. The summed E-state index contributed by atoms with van der Waals surface area (Å²) in [5.41, 5.74) is 2.83. The first-order valence-corrected chi connectivity index (χ1v) is 12.0. The van der Waals surface area contributed by atoms with E-state index in [2.05, 4.69) is 47.0 Å². The Hall–Kier alpha value is -3.68. The van der Waals surface area contributed by atoms with Crippen molar-refractivity contribution in [3.05, 3.63) is 60.2 Å². The highest BCUT2D eigenvalue weighted by Crippen LogP contribution is 2.31. The highest BCUT2D eigenvalue weighted by atomic mass is 16.5. The number of hydrogen-bond donors (Lipinski definition) is 2. The fourth-order valence-electron chi connectivity index (χ4n) is 4.97. The normalized spacial score (nSPS) is 21.9. The largest absolute Gasteiger partial charge is 0.469 e. The molecule has 8 heteroatoms. The van der Waals surface area contributed by atoms with Crippen molar-refractivity contribution in [2.45, 2.75) is 50.1 Å². The average Bonchev–Trinajstić information content (AvgIpc) is 3.25. The lowest BCUT2D eigenvalue weighted by Crippen LogP contribution is -2.58. The number of carbonyl (C=O) groups is 4. The van der Waals surface area contributed by atoms with Gasteiger partial charge in [0.25, 0.3) is 0 Å². The molecule has 2 aromatic rings. The summed E-state index contributed by atoms with van der Waals surface area (Å²) >= 11 is 0. The summed E-state index contributed by atoms with van der Waals surface area (Å²) in [5.74, 6) is -1.10. The minimum atomic E-state index is -0.872. The number of nitrogens with zero attached hydrogens (tertiary/aromatic N) is 1. The van der Waals surface area contributed by atoms with E-state index >= 15 is 0 Å². The van der Waals surface area contributed by atoms with Crippen LogP contribution in [0.2, 0.25) is 0 Å². The summed E-state index contributed by atoms with van der Waals surface area (Å²) in [6, 6.07) is 17.5. The van der Waals surface area contributed by atoms with Crippen molar-refractivity contribution in [1.29, 1.82) is 0 Å². The zero-order valence-corrected chi connectivity index (χ0v) is 19.9. The van der Waals surface area contributed by atoms with E-state index < -0.39 is 17.6 Å². The molecule has 35 heavy (non-hydrogen) atoms. The first kappa shape index (κ1) is 24.4. The van der Waals surface area contributed by atoms with Crippen LogP contribution < -0.4 is 10.6 Å². The van der Waals surface area contributed by atoms with E-state index in [1.165, 1.54) is 12.0 Å². The zero-order chi connectivity index (χ0) is 24.8. The number of hydrogen-bond acceptors (Lipinski definition) is 5. The minimum Gasteiger partial charge on any atom is -0.469 e. The molecule has 0 aliphatic carbocycles. The minimum absolute atomic E-state index is 0.0146. The van der Waals surface area contributed by atoms with Gasteiger partial charge in [-0.15, -0.1) is 0 Å². The Morgan fingerprint density at radius 2 is 1.77 bits per heavy atom. The number of benzene rings is 2. The molecule has 0 spiro atoms. The van der Waals surface area contributed by atoms with Gasteiger partial charge in [0.1, 0.15) is 6.04 Å². The quantitative estimate of drug-likeness (QED) is 0.568. The van der Waals surface area contributed by atoms with E-state index in [0.717, 1.165) is 16.7 Å². The van der Waals surface area contributed by atoms with Crippen molar-refractivity contribution >= 4 is 23.7 Å². The molecule has 0 bridgehead atoms. The molecule has 2 aliphatic heterocycles. The summed E-state index contributed by atoms with van der Waals surface area (Å²) in [6.07, 6.45) is 2.14. The highest BCUT2D eigenvalue weighted by Gasteiger charge is 2.40. The molecule has 184 valence electrons. The number of amides is 3. The Balaban J connectivity index is 1.44. The van der Waals surface area contributed by atoms with Gasteiger partial charge in [-0.25, -0.2) is 0 Å². The number of ether oxygens (including phenoxy) is 1. The van der Waals surface area contributed by atoms with Crippen LogP contribution in [0.5, 0.6) is 0 Å². The molecule has 0 saturated carbocycles. The molecule has 0 radical (unpaired) electrons. The van der Waals surface area contributed by atoms with Gasteiger partial charge in [-0.3, -0.25) is 19.2 Å². The molecule has 4 rings (SSSR count). The Morgan fingerprint density at radius 3 is 2.43 bits per heavy atom. The van der Waals surface area contributed by atoms with Crippen molar-refractivity contribution in [2.75, 3.05) is 20.2 Å². The predicted molar refractivity (Wildman–Crippen MR) is 130 cm³/mol. The molecule has 3 amide bonds. The van der Waals surface area contributed by atoms with Crippen LogP contribution in [-0.4, -0.2) is 60.4 Å². The van der Waals surface area contributed by atoms with Crippen LogP contribution in [0.3, 0.4) is 0 Å². The molecule has 2 atom stereocenters. The van der Waals surface area contributed by atoms with Crippen LogP contribution in [0, 0.1) is 0 Å². The molecule has 8 nitrogen and oxygen atoms in total. The monoisotopic (exact) mass is 477 g/mol. The molecule has 2 heterocycles. The summed E-state index contributed by atoms with van der Waals surface area (Å²) in [5, 5.41) is 5.83. The molecular formula is C27H31N3O5. The van der Waals surface area contributed by atoms with Crippen molar-refractivity contribution in [1.82, 2.24) is 15.5 Å². The third kappa shape index (κ3) is 5.88. The second kappa shape index (κ2) is 10.7. The molecular weight excluding hydrogens is 446 g/mol. The first-order valence-electron chi connectivity index (χ1n) is 12.0. The predicted octanol–water partition coefficient (Wildman–Crippen LogP) is 2.22. The SMILES string of the molecule is COC(=O)CC1C(=O)NCCN1C(=O)CCC1(Cc2ccc(-c3ccccc3)cc2)CCC(=O)N1. The summed E-state index contributed by atoms with van der Waals surface area (Å²) in [7, 11) is 1.26. The molecule has 2 saturated heterocycles. The van der Waals surface area contributed by atoms with Gasteiger partial charge in [0.2, 0.25) is 17.7 Å². The van der Waals surface area contributed by atoms with Gasteiger partial charge in [0.15, 0.2) is 0 Å². The van der Waals surface area contributed by atoms with Gasteiger partial charge >= 0.3 is 5.97 Å². The van der Waals surface area contributed by atoms with Crippen LogP contribution in [0.25, 0.3) is 11.1 Å². The molecule has 2 fully saturated rings. The second-order valence-electron chi connectivity index (χ2n) is 9.24. The molecule has 2 aliphatic rings. The third-order valence-corrected chi connectivity index (χ3v) is 6.90. The summed E-state index contributed by atoms with van der Waals surface area (Å²) in [4.78, 5) is 50.9. The molecule has 2 N–H and O–H groups in total. The maximum absolute atomic E-state index is 13.1.